The van der Waals surface area contributed by atoms with Crippen molar-refractivity contribution in [2.24, 2.45) is 17.6 Å². The van der Waals surface area contributed by atoms with E-state index < -0.39 is 0 Å². The van der Waals surface area contributed by atoms with Gasteiger partial charge in [-0.15, -0.1) is 0 Å². The maximum absolute atomic E-state index is 6.23. The Hall–Kier alpha value is -0.0800. The van der Waals surface area contributed by atoms with Crippen LogP contribution < -0.4 is 5.73 Å². The molecule has 0 aromatic heterocycles. The fraction of sp³-hybridized carbons (Fsp3) is 1.00. The highest BCUT2D eigenvalue weighted by Crippen LogP contribution is 2.39. The Morgan fingerprint density at radius 2 is 1.94 bits per heavy atom. The minimum Gasteiger partial charge on any atom is -0.329 e. The molecular formula is C16H32N2. The maximum Gasteiger partial charge on any atom is 0.0334 e. The van der Waals surface area contributed by atoms with E-state index in [2.05, 4.69) is 25.7 Å². The van der Waals surface area contributed by atoms with Crippen LogP contribution in [0.2, 0.25) is 0 Å². The molecule has 1 heterocycles. The second-order valence-electron chi connectivity index (χ2n) is 7.05. The summed E-state index contributed by atoms with van der Waals surface area (Å²) in [4.78, 5) is 2.76. The lowest BCUT2D eigenvalue weighted by molar-refractivity contribution is 0.0701. The Balaban J connectivity index is 2.08. The molecule has 0 aromatic carbocycles. The molecule has 1 aliphatic carbocycles. The van der Waals surface area contributed by atoms with Gasteiger partial charge in [0, 0.05) is 18.1 Å². The number of rotatable bonds is 3. The molecule has 106 valence electrons. The van der Waals surface area contributed by atoms with Gasteiger partial charge >= 0.3 is 0 Å². The van der Waals surface area contributed by atoms with Gasteiger partial charge in [-0.05, 0) is 57.4 Å². The quantitative estimate of drug-likeness (QED) is 0.780. The van der Waals surface area contributed by atoms with Gasteiger partial charge in [0.15, 0.2) is 0 Å². The lowest BCUT2D eigenvalue weighted by Crippen LogP contribution is -2.54. The van der Waals surface area contributed by atoms with Gasteiger partial charge in [0.2, 0.25) is 0 Å². The summed E-state index contributed by atoms with van der Waals surface area (Å²) >= 11 is 0. The third kappa shape index (κ3) is 2.75. The molecule has 0 bridgehead atoms. The Morgan fingerprint density at radius 3 is 2.50 bits per heavy atom. The number of hydrogen-bond donors (Lipinski definition) is 1. The zero-order valence-corrected chi connectivity index (χ0v) is 12.6. The first-order chi connectivity index (χ1) is 8.59. The molecule has 2 heteroatoms. The van der Waals surface area contributed by atoms with E-state index in [1.807, 2.05) is 0 Å². The molecule has 2 rings (SSSR count). The van der Waals surface area contributed by atoms with Crippen molar-refractivity contribution in [1.29, 1.82) is 0 Å². The largest absolute Gasteiger partial charge is 0.329 e. The molecular weight excluding hydrogens is 220 g/mol. The third-order valence-corrected chi connectivity index (χ3v) is 5.68. The van der Waals surface area contributed by atoms with Crippen LogP contribution in [0.5, 0.6) is 0 Å². The smallest absolute Gasteiger partial charge is 0.0334 e. The van der Waals surface area contributed by atoms with Crippen LogP contribution in [0, 0.1) is 11.8 Å². The minimum absolute atomic E-state index is 0.333. The van der Waals surface area contributed by atoms with Crippen molar-refractivity contribution in [3.63, 3.8) is 0 Å². The minimum atomic E-state index is 0.333. The lowest BCUT2D eigenvalue weighted by Gasteiger charge is -2.43. The highest BCUT2D eigenvalue weighted by molar-refractivity contribution is 4.98. The number of hydrogen-bond acceptors (Lipinski definition) is 2. The maximum atomic E-state index is 6.23. The summed E-state index contributed by atoms with van der Waals surface area (Å²) < 4.78 is 0. The number of nitrogens with zero attached hydrogens (tertiary/aromatic N) is 1. The van der Waals surface area contributed by atoms with E-state index in [1.54, 1.807) is 0 Å². The average Bonchev–Trinajstić information content (AvgIpc) is 2.66. The van der Waals surface area contributed by atoms with Crippen molar-refractivity contribution in [1.82, 2.24) is 4.90 Å². The molecule has 1 aliphatic heterocycles. The SMILES string of the molecule is CC(C)C1CCCC(CN)(N2CCCC2C)CC1. The molecule has 2 nitrogen and oxygen atoms in total. The van der Waals surface area contributed by atoms with Crippen LogP contribution in [-0.4, -0.2) is 29.6 Å². The fourth-order valence-electron chi connectivity index (χ4n) is 4.33. The molecule has 3 unspecified atom stereocenters. The summed E-state index contributed by atoms with van der Waals surface area (Å²) in [5.74, 6) is 1.77. The topological polar surface area (TPSA) is 29.3 Å². The van der Waals surface area contributed by atoms with Gasteiger partial charge in [0.05, 0.1) is 0 Å². The Kier molecular flexibility index (Phi) is 4.71. The summed E-state index contributed by atoms with van der Waals surface area (Å²) in [5, 5.41) is 0. The normalized spacial score (nSPS) is 39.2. The molecule has 2 N–H and O–H groups in total. The molecule has 1 saturated heterocycles. The van der Waals surface area contributed by atoms with Crippen LogP contribution in [0.25, 0.3) is 0 Å². The molecule has 0 aromatic rings. The first-order valence-corrected chi connectivity index (χ1v) is 8.06. The number of likely N-dealkylation sites (tertiary alicyclic amines) is 1. The van der Waals surface area contributed by atoms with Crippen LogP contribution in [0.1, 0.15) is 65.7 Å². The molecule has 2 fully saturated rings. The van der Waals surface area contributed by atoms with E-state index in [0.717, 1.165) is 24.4 Å². The van der Waals surface area contributed by atoms with Crippen LogP contribution in [-0.2, 0) is 0 Å². The molecule has 3 atom stereocenters. The van der Waals surface area contributed by atoms with Gasteiger partial charge in [-0.2, -0.15) is 0 Å². The molecule has 0 spiro atoms. The van der Waals surface area contributed by atoms with Crippen molar-refractivity contribution < 1.29 is 0 Å². The second-order valence-corrected chi connectivity index (χ2v) is 7.05. The Labute approximate surface area is 113 Å². The van der Waals surface area contributed by atoms with E-state index in [9.17, 15) is 0 Å². The molecule has 18 heavy (non-hydrogen) atoms. The molecule has 2 aliphatic rings. The average molecular weight is 252 g/mol. The van der Waals surface area contributed by atoms with Crippen LogP contribution >= 0.6 is 0 Å². The molecule has 1 saturated carbocycles. The summed E-state index contributed by atoms with van der Waals surface area (Å²) in [7, 11) is 0. The first-order valence-electron chi connectivity index (χ1n) is 8.06. The number of nitrogens with two attached hydrogens (primary N) is 1. The highest BCUT2D eigenvalue weighted by Gasteiger charge is 2.41. The summed E-state index contributed by atoms with van der Waals surface area (Å²) in [6, 6.07) is 0.754. The van der Waals surface area contributed by atoms with Gasteiger partial charge in [0.25, 0.3) is 0 Å². The van der Waals surface area contributed by atoms with Crippen molar-refractivity contribution in [2.45, 2.75) is 77.3 Å². The van der Waals surface area contributed by atoms with Crippen LogP contribution in [0.4, 0.5) is 0 Å². The van der Waals surface area contributed by atoms with Crippen molar-refractivity contribution in [2.75, 3.05) is 13.1 Å². The van der Waals surface area contributed by atoms with E-state index in [1.165, 1.54) is 51.5 Å². The van der Waals surface area contributed by atoms with E-state index in [4.69, 9.17) is 5.73 Å². The van der Waals surface area contributed by atoms with Gasteiger partial charge in [-0.1, -0.05) is 26.7 Å². The first kappa shape index (κ1) is 14.3. The van der Waals surface area contributed by atoms with E-state index in [0.29, 0.717) is 5.54 Å². The van der Waals surface area contributed by atoms with Gasteiger partial charge < -0.3 is 5.73 Å². The fourth-order valence-corrected chi connectivity index (χ4v) is 4.33. The van der Waals surface area contributed by atoms with Gasteiger partial charge in [-0.3, -0.25) is 4.90 Å². The summed E-state index contributed by atoms with van der Waals surface area (Å²) in [6.45, 7) is 9.32. The van der Waals surface area contributed by atoms with Crippen LogP contribution in [0.15, 0.2) is 0 Å². The molecule has 0 radical (unpaired) electrons. The Morgan fingerprint density at radius 1 is 1.17 bits per heavy atom. The predicted octanol–water partition coefficient (Wildman–Crippen LogP) is 3.40. The lowest BCUT2D eigenvalue weighted by atomic mass is 9.85. The zero-order chi connectivity index (χ0) is 13.2. The highest BCUT2D eigenvalue weighted by atomic mass is 15.2. The third-order valence-electron chi connectivity index (χ3n) is 5.68. The standard InChI is InChI=1S/C16H32N2/c1-13(2)15-7-4-9-16(12-17,10-8-15)18-11-5-6-14(18)3/h13-15H,4-12,17H2,1-3H3. The van der Waals surface area contributed by atoms with Crippen molar-refractivity contribution in [3.8, 4) is 0 Å². The zero-order valence-electron chi connectivity index (χ0n) is 12.6. The van der Waals surface area contributed by atoms with Crippen molar-refractivity contribution in [3.05, 3.63) is 0 Å². The van der Waals surface area contributed by atoms with Gasteiger partial charge in [0.1, 0.15) is 0 Å². The van der Waals surface area contributed by atoms with E-state index >= 15 is 0 Å². The summed E-state index contributed by atoms with van der Waals surface area (Å²) in [6.07, 6.45) is 9.59. The Bertz CT molecular complexity index is 264. The summed E-state index contributed by atoms with van der Waals surface area (Å²) in [5.41, 5.74) is 6.56. The monoisotopic (exact) mass is 252 g/mol. The van der Waals surface area contributed by atoms with Crippen molar-refractivity contribution >= 4 is 0 Å². The molecule has 0 amide bonds. The second kappa shape index (κ2) is 5.92. The van der Waals surface area contributed by atoms with E-state index in [-0.39, 0.29) is 0 Å². The van der Waals surface area contributed by atoms with Gasteiger partial charge in [-0.25, -0.2) is 0 Å². The van der Waals surface area contributed by atoms with Crippen LogP contribution in [0.3, 0.4) is 0 Å². The predicted molar refractivity (Wildman–Crippen MR) is 78.6 cm³/mol.